The Hall–Kier alpha value is -2.78. The molecule has 1 N–H and O–H groups in total. The second-order valence-corrected chi connectivity index (χ2v) is 12.6. The zero-order valence-corrected chi connectivity index (χ0v) is 24.9. The summed E-state index contributed by atoms with van der Waals surface area (Å²) in [5.41, 5.74) is 1.63. The Morgan fingerprint density at radius 3 is 2.08 bits per heavy atom. The van der Waals surface area contributed by atoms with Crippen LogP contribution in [0, 0.1) is 0 Å². The van der Waals surface area contributed by atoms with E-state index in [0.717, 1.165) is 21.7 Å². The van der Waals surface area contributed by atoms with Crippen LogP contribution in [0.3, 0.4) is 0 Å². The summed E-state index contributed by atoms with van der Waals surface area (Å²) in [7, 11) is -3.96. The third kappa shape index (κ3) is 8.86. The lowest BCUT2D eigenvalue weighted by Gasteiger charge is -2.34. The molecule has 0 saturated carbocycles. The van der Waals surface area contributed by atoms with Gasteiger partial charge in [0.1, 0.15) is 12.6 Å². The standard InChI is InChI=1S/C28H30Cl3N3O4S/c1-19(2)32-28(36)26(15-20-7-5-4-6-8-20)33(17-21-9-11-22(29)12-10-21)27(35)18-34(39(3,37)38)25-16-23(30)13-14-24(25)31/h4-14,16,19,26H,15,17-18H2,1-3H3,(H,32,36). The number of nitrogens with zero attached hydrogens (tertiary/aromatic N) is 2. The minimum absolute atomic E-state index is 0.0416. The van der Waals surface area contributed by atoms with Crippen LogP contribution in [0.1, 0.15) is 25.0 Å². The van der Waals surface area contributed by atoms with Crippen LogP contribution in [-0.4, -0.2) is 50.0 Å². The molecule has 11 heteroatoms. The van der Waals surface area contributed by atoms with Crippen LogP contribution in [0.15, 0.2) is 72.8 Å². The van der Waals surface area contributed by atoms with Crippen LogP contribution >= 0.6 is 34.8 Å². The number of anilines is 1. The van der Waals surface area contributed by atoms with E-state index in [9.17, 15) is 18.0 Å². The smallest absolute Gasteiger partial charge is 0.244 e. The number of carbonyl (C=O) groups excluding carboxylic acids is 2. The highest BCUT2D eigenvalue weighted by Gasteiger charge is 2.33. The molecule has 0 aliphatic heterocycles. The first kappa shape index (κ1) is 30.8. The van der Waals surface area contributed by atoms with Gasteiger partial charge in [-0.05, 0) is 55.3 Å². The second kappa shape index (κ2) is 13.5. The molecule has 0 saturated heterocycles. The number of carbonyl (C=O) groups is 2. The molecule has 3 aromatic carbocycles. The van der Waals surface area contributed by atoms with E-state index < -0.39 is 28.5 Å². The third-order valence-electron chi connectivity index (χ3n) is 5.82. The van der Waals surface area contributed by atoms with Crippen molar-refractivity contribution in [3.63, 3.8) is 0 Å². The summed E-state index contributed by atoms with van der Waals surface area (Å²) in [5.74, 6) is -0.950. The van der Waals surface area contributed by atoms with E-state index in [4.69, 9.17) is 34.8 Å². The van der Waals surface area contributed by atoms with E-state index in [1.54, 1.807) is 24.3 Å². The van der Waals surface area contributed by atoms with E-state index in [-0.39, 0.29) is 40.6 Å². The zero-order chi connectivity index (χ0) is 28.7. The van der Waals surface area contributed by atoms with Crippen molar-refractivity contribution in [3.05, 3.63) is 99.0 Å². The fraction of sp³-hybridized carbons (Fsp3) is 0.286. The Labute approximate surface area is 244 Å². The molecule has 0 bridgehead atoms. The van der Waals surface area contributed by atoms with Gasteiger partial charge < -0.3 is 10.2 Å². The highest BCUT2D eigenvalue weighted by atomic mass is 35.5. The number of hydrogen-bond donors (Lipinski definition) is 1. The molecule has 0 fully saturated rings. The monoisotopic (exact) mass is 609 g/mol. The van der Waals surface area contributed by atoms with Crippen LogP contribution < -0.4 is 9.62 Å². The molecular formula is C28H30Cl3N3O4S. The van der Waals surface area contributed by atoms with Gasteiger partial charge >= 0.3 is 0 Å². The fourth-order valence-corrected chi connectivity index (χ4v) is 5.41. The first-order valence-electron chi connectivity index (χ1n) is 12.2. The topological polar surface area (TPSA) is 86.8 Å². The molecule has 7 nitrogen and oxygen atoms in total. The Bertz CT molecular complexity index is 1400. The van der Waals surface area contributed by atoms with Crippen molar-refractivity contribution >= 4 is 62.3 Å². The van der Waals surface area contributed by atoms with Crippen LogP contribution in [0.2, 0.25) is 15.1 Å². The molecule has 39 heavy (non-hydrogen) atoms. The molecule has 3 aromatic rings. The molecule has 1 atom stereocenters. The number of hydrogen-bond acceptors (Lipinski definition) is 4. The van der Waals surface area contributed by atoms with Crippen molar-refractivity contribution in [2.24, 2.45) is 0 Å². The minimum Gasteiger partial charge on any atom is -0.352 e. The van der Waals surface area contributed by atoms with Gasteiger partial charge in [0.15, 0.2) is 0 Å². The Morgan fingerprint density at radius 2 is 1.49 bits per heavy atom. The minimum atomic E-state index is -3.96. The largest absolute Gasteiger partial charge is 0.352 e. The average molecular weight is 611 g/mol. The molecule has 0 radical (unpaired) electrons. The first-order valence-corrected chi connectivity index (χ1v) is 15.1. The molecule has 0 spiro atoms. The molecular weight excluding hydrogens is 581 g/mol. The van der Waals surface area contributed by atoms with Crippen molar-refractivity contribution < 1.29 is 18.0 Å². The predicted octanol–water partition coefficient (Wildman–Crippen LogP) is 5.58. The molecule has 0 aliphatic rings. The highest BCUT2D eigenvalue weighted by molar-refractivity contribution is 7.92. The first-order chi connectivity index (χ1) is 18.3. The molecule has 0 aromatic heterocycles. The third-order valence-corrected chi connectivity index (χ3v) is 7.76. The second-order valence-electron chi connectivity index (χ2n) is 9.38. The Balaban J connectivity index is 2.07. The Kier molecular flexibility index (Phi) is 10.7. The number of nitrogens with one attached hydrogen (secondary N) is 1. The number of benzene rings is 3. The van der Waals surface area contributed by atoms with Gasteiger partial charge in [-0.15, -0.1) is 0 Å². The van der Waals surface area contributed by atoms with Crippen molar-refractivity contribution in [1.29, 1.82) is 0 Å². The number of amides is 2. The SMILES string of the molecule is CC(C)NC(=O)C(Cc1ccccc1)N(Cc1ccc(Cl)cc1)C(=O)CN(c1cc(Cl)ccc1Cl)S(C)(=O)=O. The highest BCUT2D eigenvalue weighted by Crippen LogP contribution is 2.31. The molecule has 0 aliphatic carbocycles. The summed E-state index contributed by atoms with van der Waals surface area (Å²) >= 11 is 18.5. The van der Waals surface area contributed by atoms with E-state index in [0.29, 0.717) is 5.02 Å². The van der Waals surface area contributed by atoms with Gasteiger partial charge in [-0.25, -0.2) is 8.42 Å². The average Bonchev–Trinajstić information content (AvgIpc) is 2.86. The zero-order valence-electron chi connectivity index (χ0n) is 21.8. The maximum atomic E-state index is 14.0. The summed E-state index contributed by atoms with van der Waals surface area (Å²) in [5, 5.41) is 3.79. The number of rotatable bonds is 11. The molecule has 0 heterocycles. The van der Waals surface area contributed by atoms with Gasteiger partial charge in [0.2, 0.25) is 21.8 Å². The van der Waals surface area contributed by atoms with Gasteiger partial charge in [-0.2, -0.15) is 0 Å². The van der Waals surface area contributed by atoms with E-state index in [1.807, 2.05) is 44.2 Å². The summed E-state index contributed by atoms with van der Waals surface area (Å²) in [4.78, 5) is 28.9. The van der Waals surface area contributed by atoms with E-state index in [2.05, 4.69) is 5.32 Å². The van der Waals surface area contributed by atoms with Crippen LogP contribution in [0.25, 0.3) is 0 Å². The molecule has 2 amide bonds. The predicted molar refractivity (Wildman–Crippen MR) is 158 cm³/mol. The molecule has 208 valence electrons. The molecule has 3 rings (SSSR count). The van der Waals surface area contributed by atoms with Gasteiger partial charge in [0.25, 0.3) is 0 Å². The van der Waals surface area contributed by atoms with E-state index >= 15 is 0 Å². The molecule has 1 unspecified atom stereocenters. The van der Waals surface area contributed by atoms with Crippen molar-refractivity contribution in [1.82, 2.24) is 10.2 Å². The fourth-order valence-electron chi connectivity index (χ4n) is 3.99. The van der Waals surface area contributed by atoms with Gasteiger partial charge in [-0.3, -0.25) is 13.9 Å². The lowest BCUT2D eigenvalue weighted by atomic mass is 10.0. The summed E-state index contributed by atoms with van der Waals surface area (Å²) in [6, 6.07) is 19.4. The van der Waals surface area contributed by atoms with Crippen LogP contribution in [0.4, 0.5) is 5.69 Å². The lowest BCUT2D eigenvalue weighted by Crippen LogP contribution is -2.54. The maximum absolute atomic E-state index is 14.0. The number of halogens is 3. The van der Waals surface area contributed by atoms with Crippen molar-refractivity contribution in [2.75, 3.05) is 17.1 Å². The van der Waals surface area contributed by atoms with Gasteiger partial charge in [0, 0.05) is 29.1 Å². The quantitative estimate of drug-likeness (QED) is 0.307. The summed E-state index contributed by atoms with van der Waals surface area (Å²) in [6.45, 7) is 3.11. The Morgan fingerprint density at radius 1 is 0.872 bits per heavy atom. The van der Waals surface area contributed by atoms with Crippen LogP contribution in [0.5, 0.6) is 0 Å². The maximum Gasteiger partial charge on any atom is 0.244 e. The van der Waals surface area contributed by atoms with Gasteiger partial charge in [0.05, 0.1) is 17.0 Å². The van der Waals surface area contributed by atoms with Gasteiger partial charge in [-0.1, -0.05) is 77.3 Å². The van der Waals surface area contributed by atoms with E-state index in [1.165, 1.54) is 23.1 Å². The van der Waals surface area contributed by atoms with Crippen molar-refractivity contribution in [3.8, 4) is 0 Å². The number of sulfonamides is 1. The summed E-state index contributed by atoms with van der Waals surface area (Å²) < 4.78 is 26.6. The normalized spacial score (nSPS) is 12.2. The van der Waals surface area contributed by atoms with Crippen molar-refractivity contribution in [2.45, 2.75) is 38.9 Å². The summed E-state index contributed by atoms with van der Waals surface area (Å²) in [6.07, 6.45) is 1.20. The lowest BCUT2D eigenvalue weighted by molar-refractivity contribution is -0.140. The van der Waals surface area contributed by atoms with Crippen LogP contribution in [-0.2, 0) is 32.6 Å².